The van der Waals surface area contributed by atoms with Crippen molar-refractivity contribution in [2.24, 2.45) is 0 Å². The number of methoxy groups -OCH3 is 2. The molecule has 0 heterocycles. The SMILES string of the molecule is COC1=[C]CC=C1OC. The van der Waals surface area contributed by atoms with E-state index in [9.17, 15) is 0 Å². The maximum Gasteiger partial charge on any atom is 0.164 e. The maximum absolute atomic E-state index is 4.95. The van der Waals surface area contributed by atoms with Gasteiger partial charge in [0.2, 0.25) is 0 Å². The number of ether oxygens (including phenoxy) is 2. The number of hydrogen-bond acceptors (Lipinski definition) is 2. The normalized spacial score (nSPS) is 16.7. The molecule has 2 nitrogen and oxygen atoms in total. The average Bonchev–Trinajstić information content (AvgIpc) is 2.33. The van der Waals surface area contributed by atoms with Gasteiger partial charge in [0.1, 0.15) is 0 Å². The minimum atomic E-state index is 0.720. The molecule has 0 spiro atoms. The fraction of sp³-hybridized carbons (Fsp3) is 0.429. The van der Waals surface area contributed by atoms with Gasteiger partial charge in [-0.3, -0.25) is 0 Å². The molecule has 0 saturated heterocycles. The lowest BCUT2D eigenvalue weighted by Gasteiger charge is -2.03. The Kier molecular flexibility index (Phi) is 1.78. The number of allylic oxidation sites excluding steroid dienone is 2. The molecule has 0 unspecified atom stereocenters. The highest BCUT2D eigenvalue weighted by Crippen LogP contribution is 2.18. The van der Waals surface area contributed by atoms with Gasteiger partial charge >= 0.3 is 0 Å². The van der Waals surface area contributed by atoms with Crippen molar-refractivity contribution in [2.75, 3.05) is 14.2 Å². The Morgan fingerprint density at radius 2 is 2.22 bits per heavy atom. The van der Waals surface area contributed by atoms with Gasteiger partial charge < -0.3 is 9.47 Å². The Labute approximate surface area is 54.8 Å². The van der Waals surface area contributed by atoms with Gasteiger partial charge in [-0.15, -0.1) is 0 Å². The van der Waals surface area contributed by atoms with Crippen molar-refractivity contribution in [3.05, 3.63) is 23.7 Å². The lowest BCUT2D eigenvalue weighted by molar-refractivity contribution is 0.222. The van der Waals surface area contributed by atoms with Crippen molar-refractivity contribution < 1.29 is 9.47 Å². The first-order chi connectivity index (χ1) is 4.38. The van der Waals surface area contributed by atoms with Gasteiger partial charge in [-0.05, 0) is 12.5 Å². The van der Waals surface area contributed by atoms with E-state index in [0.717, 1.165) is 17.9 Å². The summed E-state index contributed by atoms with van der Waals surface area (Å²) in [5.74, 6) is 1.51. The van der Waals surface area contributed by atoms with Crippen LogP contribution in [0, 0.1) is 6.08 Å². The first kappa shape index (κ1) is 6.20. The van der Waals surface area contributed by atoms with E-state index in [0.29, 0.717) is 0 Å². The third-order valence-electron chi connectivity index (χ3n) is 1.20. The standard InChI is InChI=1S/C7H9O2/c1-8-6-4-3-5-7(6)9-2/h4H,3H2,1-2H3. The molecule has 0 aromatic rings. The topological polar surface area (TPSA) is 18.5 Å². The summed E-state index contributed by atoms with van der Waals surface area (Å²) < 4.78 is 9.88. The van der Waals surface area contributed by atoms with Crippen LogP contribution in [0.2, 0.25) is 0 Å². The number of hydrogen-bond donors (Lipinski definition) is 0. The fourth-order valence-electron chi connectivity index (χ4n) is 0.765. The smallest absolute Gasteiger partial charge is 0.164 e. The number of rotatable bonds is 2. The zero-order valence-corrected chi connectivity index (χ0v) is 5.60. The fourth-order valence-corrected chi connectivity index (χ4v) is 0.765. The van der Waals surface area contributed by atoms with Gasteiger partial charge in [-0.25, -0.2) is 0 Å². The van der Waals surface area contributed by atoms with Crippen LogP contribution < -0.4 is 0 Å². The molecule has 0 atom stereocenters. The van der Waals surface area contributed by atoms with Gasteiger partial charge in [0.15, 0.2) is 11.5 Å². The Hall–Kier alpha value is -0.920. The molecule has 9 heavy (non-hydrogen) atoms. The summed E-state index contributed by atoms with van der Waals surface area (Å²) in [6.45, 7) is 0. The van der Waals surface area contributed by atoms with E-state index in [1.807, 2.05) is 6.08 Å². The Bertz CT molecular complexity index is 138. The first-order valence-corrected chi connectivity index (χ1v) is 2.78. The van der Waals surface area contributed by atoms with Crippen LogP contribution in [0.25, 0.3) is 0 Å². The van der Waals surface area contributed by atoms with Gasteiger partial charge in [-0.1, -0.05) is 0 Å². The maximum atomic E-state index is 4.95. The molecule has 0 N–H and O–H groups in total. The van der Waals surface area contributed by atoms with E-state index >= 15 is 0 Å². The molecule has 2 heteroatoms. The van der Waals surface area contributed by atoms with Crippen LogP contribution in [0.15, 0.2) is 17.6 Å². The highest BCUT2D eigenvalue weighted by molar-refractivity contribution is 5.23. The molecule has 49 valence electrons. The molecule has 1 aliphatic rings. The monoisotopic (exact) mass is 125 g/mol. The van der Waals surface area contributed by atoms with E-state index in [-0.39, 0.29) is 0 Å². The third-order valence-corrected chi connectivity index (χ3v) is 1.20. The van der Waals surface area contributed by atoms with Crippen LogP contribution >= 0.6 is 0 Å². The average molecular weight is 125 g/mol. The van der Waals surface area contributed by atoms with E-state index in [1.165, 1.54) is 0 Å². The second-order valence-corrected chi connectivity index (χ2v) is 1.69. The van der Waals surface area contributed by atoms with Crippen molar-refractivity contribution in [1.82, 2.24) is 0 Å². The highest BCUT2D eigenvalue weighted by atomic mass is 16.5. The summed E-state index contributed by atoms with van der Waals surface area (Å²) in [5.41, 5.74) is 0. The molecule has 1 radical (unpaired) electrons. The molecule has 1 rings (SSSR count). The van der Waals surface area contributed by atoms with Gasteiger partial charge in [0.05, 0.1) is 14.2 Å². The van der Waals surface area contributed by atoms with Crippen LogP contribution in [-0.4, -0.2) is 14.2 Å². The molecule has 0 aliphatic heterocycles. The highest BCUT2D eigenvalue weighted by Gasteiger charge is 2.09. The molecule has 1 aliphatic carbocycles. The quantitative estimate of drug-likeness (QED) is 0.553. The predicted octanol–water partition coefficient (Wildman–Crippen LogP) is 1.25. The summed E-state index contributed by atoms with van der Waals surface area (Å²) in [4.78, 5) is 0. The van der Waals surface area contributed by atoms with Crippen LogP contribution in [0.3, 0.4) is 0 Å². The van der Waals surface area contributed by atoms with Crippen LogP contribution in [-0.2, 0) is 9.47 Å². The summed E-state index contributed by atoms with van der Waals surface area (Å²) in [7, 11) is 3.23. The molecule has 0 saturated carbocycles. The molecule has 0 bridgehead atoms. The van der Waals surface area contributed by atoms with Crippen LogP contribution in [0.5, 0.6) is 0 Å². The molecule has 0 amide bonds. The zero-order valence-electron chi connectivity index (χ0n) is 5.60. The van der Waals surface area contributed by atoms with Gasteiger partial charge in [0.25, 0.3) is 0 Å². The van der Waals surface area contributed by atoms with E-state index < -0.39 is 0 Å². The van der Waals surface area contributed by atoms with Gasteiger partial charge in [-0.2, -0.15) is 0 Å². The Balaban J connectivity index is 2.62. The second kappa shape index (κ2) is 2.58. The van der Waals surface area contributed by atoms with Crippen molar-refractivity contribution >= 4 is 0 Å². The summed E-state index contributed by atoms with van der Waals surface area (Å²) in [6, 6.07) is 0. The molecule has 0 aromatic carbocycles. The van der Waals surface area contributed by atoms with Crippen LogP contribution in [0.1, 0.15) is 6.42 Å². The third kappa shape index (κ3) is 1.07. The Morgan fingerprint density at radius 1 is 1.44 bits per heavy atom. The van der Waals surface area contributed by atoms with Crippen molar-refractivity contribution in [3.8, 4) is 0 Å². The van der Waals surface area contributed by atoms with Crippen LogP contribution in [0.4, 0.5) is 0 Å². The van der Waals surface area contributed by atoms with Crippen molar-refractivity contribution in [1.29, 1.82) is 0 Å². The lowest BCUT2D eigenvalue weighted by Crippen LogP contribution is -1.90. The summed E-state index contributed by atoms with van der Waals surface area (Å²) >= 11 is 0. The van der Waals surface area contributed by atoms with E-state index in [4.69, 9.17) is 9.47 Å². The van der Waals surface area contributed by atoms with Crippen molar-refractivity contribution in [3.63, 3.8) is 0 Å². The summed E-state index contributed by atoms with van der Waals surface area (Å²) in [6.07, 6.45) is 5.71. The molecular weight excluding hydrogens is 116 g/mol. The van der Waals surface area contributed by atoms with E-state index in [1.54, 1.807) is 14.2 Å². The van der Waals surface area contributed by atoms with Gasteiger partial charge in [0, 0.05) is 6.08 Å². The predicted molar refractivity (Wildman–Crippen MR) is 33.5 cm³/mol. The second-order valence-electron chi connectivity index (χ2n) is 1.69. The van der Waals surface area contributed by atoms with Crippen molar-refractivity contribution in [2.45, 2.75) is 6.42 Å². The minimum Gasteiger partial charge on any atom is -0.493 e. The lowest BCUT2D eigenvalue weighted by atomic mass is 10.5. The zero-order chi connectivity index (χ0) is 6.69. The molecule has 0 aromatic heterocycles. The molecule has 0 fully saturated rings. The largest absolute Gasteiger partial charge is 0.493 e. The molecular formula is C7H9O2. The Morgan fingerprint density at radius 3 is 2.67 bits per heavy atom. The summed E-state index contributed by atoms with van der Waals surface area (Å²) in [5, 5.41) is 0. The van der Waals surface area contributed by atoms with E-state index in [2.05, 4.69) is 6.08 Å². The minimum absolute atomic E-state index is 0.720. The first-order valence-electron chi connectivity index (χ1n) is 2.78.